The van der Waals surface area contributed by atoms with Crippen LogP contribution in [0.5, 0.6) is 5.75 Å². The van der Waals surface area contributed by atoms with Gasteiger partial charge in [0.1, 0.15) is 15.2 Å². The lowest BCUT2D eigenvalue weighted by Crippen LogP contribution is -2.41. The van der Waals surface area contributed by atoms with E-state index in [0.29, 0.717) is 10.6 Å². The number of carbonyl (C=O) groups excluding carboxylic acids is 2. The van der Waals surface area contributed by atoms with E-state index in [4.69, 9.17) is 4.74 Å². The summed E-state index contributed by atoms with van der Waals surface area (Å²) in [4.78, 5) is 25.0. The molecule has 7 nitrogen and oxygen atoms in total. The predicted octanol–water partition coefficient (Wildman–Crippen LogP) is 2.77. The highest BCUT2D eigenvalue weighted by atomic mass is 32.2. The average Bonchev–Trinajstić information content (AvgIpc) is 3.46. The molecule has 0 bridgehead atoms. The summed E-state index contributed by atoms with van der Waals surface area (Å²) in [5.41, 5.74) is 0.771. The molecule has 0 aliphatic rings. The fourth-order valence-electron chi connectivity index (χ4n) is 2.71. The van der Waals surface area contributed by atoms with Gasteiger partial charge in [-0.2, -0.15) is 0 Å². The average molecular weight is 465 g/mol. The number of hydrogen-bond acceptors (Lipinski definition) is 7. The smallest absolute Gasteiger partial charge is 0.309 e. The Morgan fingerprint density at radius 3 is 2.40 bits per heavy atom. The number of rotatable bonds is 8. The summed E-state index contributed by atoms with van der Waals surface area (Å²) in [6.45, 7) is -0.0581. The molecule has 2 heterocycles. The van der Waals surface area contributed by atoms with E-state index in [0.717, 1.165) is 16.9 Å². The van der Waals surface area contributed by atoms with Gasteiger partial charge in [0.05, 0.1) is 7.11 Å². The number of carbonyl (C=O) groups is 2. The largest absolute Gasteiger partial charge is 0.497 e. The van der Waals surface area contributed by atoms with Crippen molar-refractivity contribution in [3.8, 4) is 5.75 Å². The van der Waals surface area contributed by atoms with Crippen molar-refractivity contribution < 1.29 is 22.7 Å². The zero-order chi connectivity index (χ0) is 21.6. The van der Waals surface area contributed by atoms with Crippen molar-refractivity contribution in [2.45, 2.75) is 16.0 Å². The number of benzene rings is 1. The summed E-state index contributed by atoms with van der Waals surface area (Å²) in [6, 6.07) is 13.7. The van der Waals surface area contributed by atoms with Gasteiger partial charge in [-0.05, 0) is 40.6 Å². The highest BCUT2D eigenvalue weighted by Gasteiger charge is 2.31. The zero-order valence-electron chi connectivity index (χ0n) is 16.0. The van der Waals surface area contributed by atoms with E-state index in [2.05, 4.69) is 10.6 Å². The van der Waals surface area contributed by atoms with Crippen LogP contribution in [0.3, 0.4) is 0 Å². The minimum Gasteiger partial charge on any atom is -0.497 e. The van der Waals surface area contributed by atoms with Gasteiger partial charge in [-0.1, -0.05) is 24.3 Å². The van der Waals surface area contributed by atoms with Crippen LogP contribution in [-0.4, -0.2) is 33.9 Å². The van der Waals surface area contributed by atoms with Crippen LogP contribution >= 0.6 is 22.7 Å². The van der Waals surface area contributed by atoms with Crippen LogP contribution in [0.25, 0.3) is 0 Å². The van der Waals surface area contributed by atoms with E-state index in [-0.39, 0.29) is 17.3 Å². The van der Waals surface area contributed by atoms with Gasteiger partial charge in [-0.25, -0.2) is 8.42 Å². The quantitative estimate of drug-likeness (QED) is 0.499. The van der Waals surface area contributed by atoms with Gasteiger partial charge in [0.15, 0.2) is 9.84 Å². The minimum atomic E-state index is -3.70. The van der Waals surface area contributed by atoms with Gasteiger partial charge < -0.3 is 15.4 Å². The number of hydrogen-bond donors (Lipinski definition) is 2. The van der Waals surface area contributed by atoms with E-state index < -0.39 is 26.9 Å². The second-order valence-electron chi connectivity index (χ2n) is 6.23. The maximum Gasteiger partial charge on any atom is 0.309 e. The molecule has 1 atom stereocenters. The van der Waals surface area contributed by atoms with Crippen molar-refractivity contribution >= 4 is 44.3 Å². The van der Waals surface area contributed by atoms with Gasteiger partial charge in [-0.15, -0.1) is 22.7 Å². The third-order valence-corrected chi connectivity index (χ3v) is 8.90. The van der Waals surface area contributed by atoms with E-state index in [1.54, 1.807) is 60.3 Å². The lowest BCUT2D eigenvalue weighted by Gasteiger charge is -2.16. The number of thiophene rings is 2. The molecule has 0 aliphatic carbocycles. The first-order chi connectivity index (χ1) is 14.4. The number of amides is 2. The maximum absolute atomic E-state index is 13.0. The summed E-state index contributed by atoms with van der Waals surface area (Å²) >= 11 is 2.41. The van der Waals surface area contributed by atoms with Crippen LogP contribution in [0.2, 0.25) is 0 Å². The first-order valence-electron chi connectivity index (χ1n) is 8.91. The summed E-state index contributed by atoms with van der Waals surface area (Å²) in [7, 11) is -2.16. The lowest BCUT2D eigenvalue weighted by molar-refractivity contribution is -0.139. The molecule has 2 N–H and O–H groups in total. The van der Waals surface area contributed by atoms with Gasteiger partial charge >= 0.3 is 11.8 Å². The van der Waals surface area contributed by atoms with E-state index >= 15 is 0 Å². The molecular weight excluding hydrogens is 444 g/mol. The Kier molecular flexibility index (Phi) is 7.24. The molecule has 3 rings (SSSR count). The third-order valence-electron chi connectivity index (χ3n) is 4.25. The molecule has 0 fully saturated rings. The Morgan fingerprint density at radius 1 is 1.00 bits per heavy atom. The van der Waals surface area contributed by atoms with Gasteiger partial charge in [0.25, 0.3) is 0 Å². The Morgan fingerprint density at radius 2 is 1.73 bits per heavy atom. The molecule has 2 amide bonds. The summed E-state index contributed by atoms with van der Waals surface area (Å²) in [5.74, 6) is -1.08. The molecule has 0 saturated carbocycles. The second-order valence-corrected chi connectivity index (χ2v) is 10.5. The van der Waals surface area contributed by atoms with Crippen molar-refractivity contribution in [2.24, 2.45) is 0 Å². The predicted molar refractivity (Wildman–Crippen MR) is 116 cm³/mol. The molecule has 30 heavy (non-hydrogen) atoms. The van der Waals surface area contributed by atoms with Crippen LogP contribution in [-0.2, 0) is 26.0 Å². The van der Waals surface area contributed by atoms with Crippen molar-refractivity contribution in [1.29, 1.82) is 0 Å². The monoisotopic (exact) mass is 464 g/mol. The van der Waals surface area contributed by atoms with Gasteiger partial charge in [-0.3, -0.25) is 9.59 Å². The molecule has 0 radical (unpaired) electrons. The lowest BCUT2D eigenvalue weighted by atomic mass is 10.2. The highest BCUT2D eigenvalue weighted by molar-refractivity contribution is 7.93. The zero-order valence-corrected chi connectivity index (χ0v) is 18.5. The first kappa shape index (κ1) is 22.0. The Hall–Kier alpha value is -2.69. The molecule has 1 aromatic carbocycles. The Bertz CT molecular complexity index is 1090. The molecule has 0 unspecified atom stereocenters. The fourth-order valence-corrected chi connectivity index (χ4v) is 6.70. The Labute approximate surface area is 182 Å². The first-order valence-corrected chi connectivity index (χ1v) is 12.2. The normalized spacial score (nSPS) is 12.2. The third kappa shape index (κ3) is 5.26. The van der Waals surface area contributed by atoms with E-state index in [1.807, 2.05) is 0 Å². The summed E-state index contributed by atoms with van der Waals surface area (Å²) in [5, 5.41) is 7.47. The molecule has 158 valence electrons. The van der Waals surface area contributed by atoms with Crippen molar-refractivity contribution in [2.75, 3.05) is 13.7 Å². The van der Waals surface area contributed by atoms with Gasteiger partial charge in [0.2, 0.25) is 0 Å². The summed E-state index contributed by atoms with van der Waals surface area (Å²) < 4.78 is 31.3. The molecule has 2 aromatic heterocycles. The molecular formula is C20H20N2O5S3. The van der Waals surface area contributed by atoms with Crippen LogP contribution in [0, 0.1) is 0 Å². The van der Waals surface area contributed by atoms with Crippen molar-refractivity contribution in [1.82, 2.24) is 10.6 Å². The number of nitrogens with one attached hydrogen (secondary N) is 2. The van der Waals surface area contributed by atoms with Crippen LogP contribution < -0.4 is 15.4 Å². The standard InChI is InChI=1S/C20H20N2O5S3/c1-27-15-6-2-5-14(11-15)12-21-19(23)20(24)22-13-17(16-7-3-9-28-16)30(25,26)18-8-4-10-29-18/h2-11,17H,12-13H2,1H3,(H,21,23)(H,22,24)/t17-/m0/s1. The van der Waals surface area contributed by atoms with E-state index in [9.17, 15) is 18.0 Å². The Balaban J connectivity index is 1.63. The molecule has 0 aliphatic heterocycles. The molecule has 0 spiro atoms. The summed E-state index contributed by atoms with van der Waals surface area (Å²) in [6.07, 6.45) is 0. The minimum absolute atomic E-state index is 0.144. The fraction of sp³-hybridized carbons (Fsp3) is 0.200. The molecule has 3 aromatic rings. The number of methoxy groups -OCH3 is 1. The second kappa shape index (κ2) is 9.88. The molecule has 10 heteroatoms. The molecule has 0 saturated heterocycles. The number of sulfone groups is 1. The van der Waals surface area contributed by atoms with Crippen molar-refractivity contribution in [3.63, 3.8) is 0 Å². The number of ether oxygens (including phenoxy) is 1. The van der Waals surface area contributed by atoms with Crippen LogP contribution in [0.1, 0.15) is 15.7 Å². The topological polar surface area (TPSA) is 102 Å². The van der Waals surface area contributed by atoms with E-state index in [1.165, 1.54) is 17.4 Å². The SMILES string of the molecule is COc1cccc(CNC(=O)C(=O)NC[C@@H](c2cccs2)S(=O)(=O)c2cccs2)c1. The van der Waals surface area contributed by atoms with Gasteiger partial charge in [0, 0.05) is 18.0 Å². The highest BCUT2D eigenvalue weighted by Crippen LogP contribution is 2.33. The maximum atomic E-state index is 13.0. The van der Waals surface area contributed by atoms with Crippen molar-refractivity contribution in [3.05, 3.63) is 69.7 Å². The van der Waals surface area contributed by atoms with Crippen LogP contribution in [0.4, 0.5) is 0 Å². The van der Waals surface area contributed by atoms with Crippen LogP contribution in [0.15, 0.2) is 63.5 Å².